The van der Waals surface area contributed by atoms with E-state index in [1.807, 2.05) is 0 Å². The predicted octanol–water partition coefficient (Wildman–Crippen LogP) is 8.63. The van der Waals surface area contributed by atoms with Crippen LogP contribution < -0.4 is 0 Å². The molecule has 0 saturated heterocycles. The maximum atomic E-state index is 13.4. The van der Waals surface area contributed by atoms with Crippen LogP contribution in [0.25, 0.3) is 17.2 Å². The largest absolute Gasteiger partial charge is 0.248 e. The Labute approximate surface area is 168 Å². The van der Waals surface area contributed by atoms with E-state index in [0.717, 1.165) is 6.42 Å². The molecule has 0 N–H and O–H groups in total. The highest BCUT2D eigenvalue weighted by Gasteiger charge is 2.35. The lowest BCUT2D eigenvalue weighted by molar-refractivity contribution is -0.0382. The first-order valence-electron chi connectivity index (χ1n) is 10.8. The Morgan fingerprint density at radius 1 is 0.857 bits per heavy atom. The maximum absolute atomic E-state index is 13.4. The summed E-state index contributed by atoms with van der Waals surface area (Å²) < 4.78 is 26.7. The number of halogens is 2. The summed E-state index contributed by atoms with van der Waals surface area (Å²) in [5.74, 6) is -2.18. The van der Waals surface area contributed by atoms with Crippen LogP contribution in [-0.4, -0.2) is 5.92 Å². The van der Waals surface area contributed by atoms with E-state index in [4.69, 9.17) is 0 Å². The van der Waals surface area contributed by atoms with E-state index in [9.17, 15) is 8.78 Å². The number of hydrogen-bond donors (Lipinski definition) is 0. The van der Waals surface area contributed by atoms with Crippen LogP contribution in [-0.2, 0) is 0 Å². The van der Waals surface area contributed by atoms with Gasteiger partial charge in [-0.3, -0.25) is 0 Å². The van der Waals surface area contributed by atoms with Gasteiger partial charge in [0, 0.05) is 12.8 Å². The van der Waals surface area contributed by atoms with Gasteiger partial charge in [0.05, 0.1) is 0 Å². The van der Waals surface area contributed by atoms with Gasteiger partial charge in [0.15, 0.2) is 0 Å². The molecule has 150 valence electrons. The van der Waals surface area contributed by atoms with Gasteiger partial charge in [-0.1, -0.05) is 86.9 Å². The first-order chi connectivity index (χ1) is 13.6. The second-order valence-electron chi connectivity index (χ2n) is 8.13. The Kier molecular flexibility index (Phi) is 7.42. The Bertz CT molecular complexity index is 731. The third kappa shape index (κ3) is 6.02. The van der Waals surface area contributed by atoms with Crippen LogP contribution >= 0.6 is 0 Å². The Hall–Kier alpha value is -1.96. The second kappa shape index (κ2) is 10.0. The molecule has 28 heavy (non-hydrogen) atoms. The molecule has 0 unspecified atom stereocenters. The minimum absolute atomic E-state index is 0.0208. The normalized spacial score (nSPS) is 17.2. The molecule has 0 aliphatic heterocycles. The van der Waals surface area contributed by atoms with Crippen molar-refractivity contribution in [1.29, 1.82) is 0 Å². The number of unbranched alkanes of at least 4 members (excludes halogenated alkanes) is 4. The first kappa shape index (κ1) is 20.8. The summed E-state index contributed by atoms with van der Waals surface area (Å²) in [6, 6.07) is 17.1. The van der Waals surface area contributed by atoms with Gasteiger partial charge < -0.3 is 0 Å². The van der Waals surface area contributed by atoms with Crippen LogP contribution in [0.5, 0.6) is 0 Å². The SMILES string of the molecule is CCCCCCC=Cc1ccc(-c2ccc(C3CCC(F)(F)CC3)cc2)cc1. The van der Waals surface area contributed by atoms with E-state index < -0.39 is 5.92 Å². The summed E-state index contributed by atoms with van der Waals surface area (Å²) in [4.78, 5) is 0. The van der Waals surface area contributed by atoms with Crippen molar-refractivity contribution in [3.8, 4) is 11.1 Å². The molecular formula is C26H32F2. The molecule has 1 aliphatic carbocycles. The summed E-state index contributed by atoms with van der Waals surface area (Å²) >= 11 is 0. The van der Waals surface area contributed by atoms with Crippen LogP contribution in [0.4, 0.5) is 8.78 Å². The molecule has 3 rings (SSSR count). The van der Waals surface area contributed by atoms with Gasteiger partial charge in [0.1, 0.15) is 0 Å². The van der Waals surface area contributed by atoms with Crippen molar-refractivity contribution in [2.24, 2.45) is 0 Å². The van der Waals surface area contributed by atoms with Gasteiger partial charge in [-0.2, -0.15) is 0 Å². The lowest BCUT2D eigenvalue weighted by Gasteiger charge is -2.28. The maximum Gasteiger partial charge on any atom is 0.248 e. The molecular weight excluding hydrogens is 350 g/mol. The summed E-state index contributed by atoms with van der Waals surface area (Å²) in [6.45, 7) is 2.24. The minimum Gasteiger partial charge on any atom is -0.207 e. The van der Waals surface area contributed by atoms with E-state index in [1.165, 1.54) is 47.9 Å². The van der Waals surface area contributed by atoms with Gasteiger partial charge in [-0.25, -0.2) is 8.78 Å². The van der Waals surface area contributed by atoms with E-state index in [-0.39, 0.29) is 18.8 Å². The topological polar surface area (TPSA) is 0 Å². The highest BCUT2D eigenvalue weighted by atomic mass is 19.3. The van der Waals surface area contributed by atoms with Crippen molar-refractivity contribution in [1.82, 2.24) is 0 Å². The summed E-state index contributed by atoms with van der Waals surface area (Å²) in [5, 5.41) is 0. The number of hydrogen-bond acceptors (Lipinski definition) is 0. The fraction of sp³-hybridized carbons (Fsp3) is 0.462. The summed E-state index contributed by atoms with van der Waals surface area (Å²) in [7, 11) is 0. The smallest absolute Gasteiger partial charge is 0.207 e. The quantitative estimate of drug-likeness (QED) is 0.401. The van der Waals surface area contributed by atoms with Crippen LogP contribution in [0, 0.1) is 0 Å². The van der Waals surface area contributed by atoms with Gasteiger partial charge in [0.2, 0.25) is 5.92 Å². The van der Waals surface area contributed by atoms with Crippen LogP contribution in [0.2, 0.25) is 0 Å². The third-order valence-electron chi connectivity index (χ3n) is 5.88. The highest BCUT2D eigenvalue weighted by molar-refractivity contribution is 5.66. The predicted molar refractivity (Wildman–Crippen MR) is 116 cm³/mol. The monoisotopic (exact) mass is 382 g/mol. The molecule has 1 aliphatic rings. The van der Waals surface area contributed by atoms with Crippen molar-refractivity contribution in [3.63, 3.8) is 0 Å². The molecule has 0 radical (unpaired) electrons. The molecule has 0 amide bonds. The van der Waals surface area contributed by atoms with Gasteiger partial charge in [-0.05, 0) is 53.9 Å². The van der Waals surface area contributed by atoms with Crippen LogP contribution in [0.15, 0.2) is 54.6 Å². The number of benzene rings is 2. The molecule has 2 heteroatoms. The Morgan fingerprint density at radius 2 is 1.46 bits per heavy atom. The molecule has 2 aromatic carbocycles. The lowest BCUT2D eigenvalue weighted by Crippen LogP contribution is -2.23. The lowest BCUT2D eigenvalue weighted by atomic mass is 9.82. The molecule has 2 aromatic rings. The molecule has 0 heterocycles. The minimum atomic E-state index is -2.46. The number of rotatable bonds is 8. The summed E-state index contributed by atoms with van der Waals surface area (Å²) in [5.41, 5.74) is 4.81. The fourth-order valence-electron chi connectivity index (χ4n) is 4.02. The fourth-order valence-corrected chi connectivity index (χ4v) is 4.02. The molecule has 1 saturated carbocycles. The number of alkyl halides is 2. The number of allylic oxidation sites excluding steroid dienone is 1. The van der Waals surface area contributed by atoms with E-state index in [0.29, 0.717) is 12.8 Å². The van der Waals surface area contributed by atoms with Crippen molar-refractivity contribution in [2.45, 2.75) is 76.6 Å². The van der Waals surface area contributed by atoms with Crippen molar-refractivity contribution >= 4 is 6.08 Å². The molecule has 0 bridgehead atoms. The zero-order valence-electron chi connectivity index (χ0n) is 17.0. The van der Waals surface area contributed by atoms with Crippen LogP contribution in [0.1, 0.15) is 81.8 Å². The Morgan fingerprint density at radius 3 is 2.07 bits per heavy atom. The zero-order chi connectivity index (χ0) is 19.8. The Balaban J connectivity index is 1.55. The first-order valence-corrected chi connectivity index (χ1v) is 10.8. The van der Waals surface area contributed by atoms with Crippen molar-refractivity contribution < 1.29 is 8.78 Å². The molecule has 0 atom stereocenters. The van der Waals surface area contributed by atoms with Gasteiger partial charge in [0.25, 0.3) is 0 Å². The van der Waals surface area contributed by atoms with Gasteiger partial charge >= 0.3 is 0 Å². The van der Waals surface area contributed by atoms with Crippen LogP contribution in [0.3, 0.4) is 0 Å². The van der Waals surface area contributed by atoms with Crippen molar-refractivity contribution in [2.75, 3.05) is 0 Å². The second-order valence-corrected chi connectivity index (χ2v) is 8.13. The average molecular weight is 383 g/mol. The summed E-state index contributed by atoms with van der Waals surface area (Å²) in [6.07, 6.45) is 12.0. The molecule has 0 nitrogen and oxygen atoms in total. The zero-order valence-corrected chi connectivity index (χ0v) is 17.0. The third-order valence-corrected chi connectivity index (χ3v) is 5.88. The highest BCUT2D eigenvalue weighted by Crippen LogP contribution is 2.41. The standard InChI is InChI=1S/C26H32F2/c1-2-3-4-5-6-7-8-21-9-11-22(12-10-21)23-13-15-24(16-14-23)25-17-19-26(27,28)20-18-25/h7-16,25H,2-6,17-20H2,1H3. The van der Waals surface area contributed by atoms with Gasteiger partial charge in [-0.15, -0.1) is 0 Å². The van der Waals surface area contributed by atoms with E-state index in [1.54, 1.807) is 0 Å². The molecule has 0 aromatic heterocycles. The van der Waals surface area contributed by atoms with Crippen molar-refractivity contribution in [3.05, 3.63) is 65.7 Å². The molecule has 0 spiro atoms. The van der Waals surface area contributed by atoms with E-state index >= 15 is 0 Å². The van der Waals surface area contributed by atoms with E-state index in [2.05, 4.69) is 67.6 Å². The molecule has 1 fully saturated rings. The average Bonchev–Trinajstić information content (AvgIpc) is 2.71.